The molecule has 1 fully saturated rings. The number of ether oxygens (including phenoxy) is 1. The standard InChI is InChI=1S/C7H11NO3/c1-2-3-6(9)5-4-11-7(10)8-5/h2-3,5-6,9H,4H2,1H3,(H,8,10)/b3-2+/t5-,6+/m0/s1. The van der Waals surface area contributed by atoms with Gasteiger partial charge in [0.25, 0.3) is 0 Å². The predicted octanol–water partition coefficient (Wildman–Crippen LogP) is 0.0318. The highest BCUT2D eigenvalue weighted by Crippen LogP contribution is 2.03. The zero-order chi connectivity index (χ0) is 8.27. The summed E-state index contributed by atoms with van der Waals surface area (Å²) in [6.07, 6.45) is 2.24. The summed E-state index contributed by atoms with van der Waals surface area (Å²) < 4.78 is 4.59. The summed E-state index contributed by atoms with van der Waals surface area (Å²) >= 11 is 0. The molecule has 0 aromatic rings. The van der Waals surface area contributed by atoms with Crippen LogP contribution < -0.4 is 5.32 Å². The molecule has 1 heterocycles. The Balaban J connectivity index is 2.42. The van der Waals surface area contributed by atoms with Crippen molar-refractivity contribution in [2.24, 2.45) is 0 Å². The maximum atomic E-state index is 10.5. The van der Waals surface area contributed by atoms with E-state index in [0.717, 1.165) is 0 Å². The number of allylic oxidation sites excluding steroid dienone is 1. The van der Waals surface area contributed by atoms with Crippen molar-refractivity contribution in [1.29, 1.82) is 0 Å². The monoisotopic (exact) mass is 157 g/mol. The van der Waals surface area contributed by atoms with Crippen LogP contribution in [0.1, 0.15) is 6.92 Å². The van der Waals surface area contributed by atoms with Crippen LogP contribution in [0.25, 0.3) is 0 Å². The maximum Gasteiger partial charge on any atom is 0.407 e. The minimum Gasteiger partial charge on any atom is -0.447 e. The van der Waals surface area contributed by atoms with Crippen molar-refractivity contribution >= 4 is 6.09 Å². The largest absolute Gasteiger partial charge is 0.447 e. The second-order valence-electron chi connectivity index (χ2n) is 2.37. The Morgan fingerprint density at radius 1 is 1.91 bits per heavy atom. The maximum absolute atomic E-state index is 10.5. The molecule has 2 N–H and O–H groups in total. The fourth-order valence-corrected chi connectivity index (χ4v) is 0.915. The highest BCUT2D eigenvalue weighted by atomic mass is 16.6. The molecule has 0 aromatic carbocycles. The molecule has 1 saturated heterocycles. The van der Waals surface area contributed by atoms with Crippen molar-refractivity contribution in [3.8, 4) is 0 Å². The van der Waals surface area contributed by atoms with Gasteiger partial charge >= 0.3 is 6.09 Å². The highest BCUT2D eigenvalue weighted by molar-refractivity contribution is 5.69. The minimum absolute atomic E-state index is 0.240. The third kappa shape index (κ3) is 1.94. The van der Waals surface area contributed by atoms with Gasteiger partial charge in [0.15, 0.2) is 0 Å². The number of aliphatic hydroxyl groups is 1. The summed E-state index contributed by atoms with van der Waals surface area (Å²) in [5.74, 6) is 0. The normalized spacial score (nSPS) is 26.7. The number of alkyl carbamates (subject to hydrolysis) is 1. The molecular formula is C7H11NO3. The molecule has 0 saturated carbocycles. The molecule has 0 aliphatic carbocycles. The van der Waals surface area contributed by atoms with Gasteiger partial charge in [0.05, 0.1) is 12.1 Å². The second kappa shape index (κ2) is 3.39. The van der Waals surface area contributed by atoms with Gasteiger partial charge in [-0.3, -0.25) is 0 Å². The first-order valence-electron chi connectivity index (χ1n) is 3.48. The zero-order valence-electron chi connectivity index (χ0n) is 6.28. The average molecular weight is 157 g/mol. The Bertz CT molecular complexity index is 179. The lowest BCUT2D eigenvalue weighted by atomic mass is 10.2. The first-order valence-corrected chi connectivity index (χ1v) is 3.48. The Hall–Kier alpha value is -1.03. The molecule has 1 amide bonds. The number of amides is 1. The quantitative estimate of drug-likeness (QED) is 0.556. The van der Waals surface area contributed by atoms with Crippen LogP contribution in [0.2, 0.25) is 0 Å². The second-order valence-corrected chi connectivity index (χ2v) is 2.37. The average Bonchev–Trinajstić information content (AvgIpc) is 2.36. The number of carbonyl (C=O) groups is 1. The molecule has 11 heavy (non-hydrogen) atoms. The smallest absolute Gasteiger partial charge is 0.407 e. The van der Waals surface area contributed by atoms with Crippen molar-refractivity contribution in [3.05, 3.63) is 12.2 Å². The molecular weight excluding hydrogens is 146 g/mol. The molecule has 2 atom stereocenters. The van der Waals surface area contributed by atoms with Gasteiger partial charge in [0.2, 0.25) is 0 Å². The Labute approximate surface area is 64.9 Å². The van der Waals surface area contributed by atoms with Crippen molar-refractivity contribution in [1.82, 2.24) is 5.32 Å². The van der Waals surface area contributed by atoms with Gasteiger partial charge < -0.3 is 15.2 Å². The summed E-state index contributed by atoms with van der Waals surface area (Å²) in [7, 11) is 0. The van der Waals surface area contributed by atoms with Crippen LogP contribution in [0.5, 0.6) is 0 Å². The minimum atomic E-state index is -0.647. The van der Waals surface area contributed by atoms with Crippen molar-refractivity contribution in [2.45, 2.75) is 19.1 Å². The molecule has 0 aromatic heterocycles. The first-order chi connectivity index (χ1) is 5.24. The van der Waals surface area contributed by atoms with Gasteiger partial charge in [-0.1, -0.05) is 12.2 Å². The molecule has 1 aliphatic rings. The number of hydrogen-bond donors (Lipinski definition) is 2. The van der Waals surface area contributed by atoms with E-state index in [1.165, 1.54) is 0 Å². The fourth-order valence-electron chi connectivity index (χ4n) is 0.915. The summed E-state index contributed by atoms with van der Waals surface area (Å²) in [4.78, 5) is 10.5. The van der Waals surface area contributed by atoms with E-state index < -0.39 is 12.2 Å². The van der Waals surface area contributed by atoms with E-state index in [1.807, 2.05) is 0 Å². The van der Waals surface area contributed by atoms with Crippen LogP contribution in [-0.4, -0.2) is 30.0 Å². The number of aliphatic hydroxyl groups excluding tert-OH is 1. The van der Waals surface area contributed by atoms with E-state index in [-0.39, 0.29) is 12.6 Å². The van der Waals surface area contributed by atoms with Gasteiger partial charge in [-0.05, 0) is 6.92 Å². The highest BCUT2D eigenvalue weighted by Gasteiger charge is 2.26. The predicted molar refractivity (Wildman–Crippen MR) is 39.1 cm³/mol. The lowest BCUT2D eigenvalue weighted by Crippen LogP contribution is -2.36. The number of hydrogen-bond acceptors (Lipinski definition) is 3. The lowest BCUT2D eigenvalue weighted by Gasteiger charge is -2.10. The number of nitrogens with one attached hydrogen (secondary N) is 1. The molecule has 4 nitrogen and oxygen atoms in total. The Morgan fingerprint density at radius 2 is 2.64 bits per heavy atom. The molecule has 0 radical (unpaired) electrons. The Kier molecular flexibility index (Phi) is 2.48. The molecule has 0 unspecified atom stereocenters. The summed E-state index contributed by atoms with van der Waals surface area (Å²) in [5.41, 5.74) is 0. The molecule has 1 rings (SSSR count). The number of carbonyl (C=O) groups excluding carboxylic acids is 1. The zero-order valence-corrected chi connectivity index (χ0v) is 6.28. The van der Waals surface area contributed by atoms with Crippen LogP contribution in [-0.2, 0) is 4.74 Å². The SMILES string of the molecule is C/C=C/[C@@H](O)[C@@H]1COC(=O)N1. The Morgan fingerprint density at radius 3 is 3.09 bits per heavy atom. The van der Waals surface area contributed by atoms with Crippen molar-refractivity contribution in [3.63, 3.8) is 0 Å². The van der Waals surface area contributed by atoms with Gasteiger partial charge in [0, 0.05) is 0 Å². The van der Waals surface area contributed by atoms with E-state index in [2.05, 4.69) is 10.1 Å². The third-order valence-electron chi connectivity index (χ3n) is 1.50. The van der Waals surface area contributed by atoms with E-state index in [1.54, 1.807) is 19.1 Å². The van der Waals surface area contributed by atoms with Crippen LogP contribution in [0.4, 0.5) is 4.79 Å². The molecule has 0 spiro atoms. The van der Waals surface area contributed by atoms with Crippen molar-refractivity contribution < 1.29 is 14.6 Å². The van der Waals surface area contributed by atoms with Gasteiger partial charge in [0.1, 0.15) is 6.61 Å². The number of cyclic esters (lactones) is 1. The van der Waals surface area contributed by atoms with Gasteiger partial charge in [-0.15, -0.1) is 0 Å². The van der Waals surface area contributed by atoms with E-state index in [0.29, 0.717) is 0 Å². The molecule has 0 bridgehead atoms. The van der Waals surface area contributed by atoms with Crippen LogP contribution >= 0.6 is 0 Å². The fraction of sp³-hybridized carbons (Fsp3) is 0.571. The topological polar surface area (TPSA) is 58.6 Å². The first kappa shape index (κ1) is 8.07. The van der Waals surface area contributed by atoms with Crippen LogP contribution in [0.15, 0.2) is 12.2 Å². The summed E-state index contributed by atoms with van der Waals surface area (Å²) in [6.45, 7) is 2.05. The van der Waals surface area contributed by atoms with Crippen LogP contribution in [0.3, 0.4) is 0 Å². The van der Waals surface area contributed by atoms with Crippen LogP contribution in [0, 0.1) is 0 Å². The van der Waals surface area contributed by atoms with E-state index in [4.69, 9.17) is 0 Å². The summed E-state index contributed by atoms with van der Waals surface area (Å²) in [5, 5.41) is 11.8. The summed E-state index contributed by atoms with van der Waals surface area (Å²) in [6, 6.07) is -0.293. The lowest BCUT2D eigenvalue weighted by molar-refractivity contribution is 0.157. The van der Waals surface area contributed by atoms with E-state index >= 15 is 0 Å². The van der Waals surface area contributed by atoms with E-state index in [9.17, 15) is 9.90 Å². The molecule has 4 heteroatoms. The number of rotatable bonds is 2. The third-order valence-corrected chi connectivity index (χ3v) is 1.50. The van der Waals surface area contributed by atoms with Gasteiger partial charge in [-0.2, -0.15) is 0 Å². The molecule has 1 aliphatic heterocycles. The van der Waals surface area contributed by atoms with Crippen molar-refractivity contribution in [2.75, 3.05) is 6.61 Å². The van der Waals surface area contributed by atoms with Gasteiger partial charge in [-0.25, -0.2) is 4.79 Å². The molecule has 62 valence electrons.